The number of nitrogens with one attached hydrogen (secondary N) is 1. The highest BCUT2D eigenvalue weighted by molar-refractivity contribution is 9.10. The lowest BCUT2D eigenvalue weighted by atomic mass is 10.1. The van der Waals surface area contributed by atoms with Crippen molar-refractivity contribution in [3.63, 3.8) is 0 Å². The maximum Gasteiger partial charge on any atom is 0.417 e. The molecule has 5 nitrogen and oxygen atoms in total. The first-order valence-electron chi connectivity index (χ1n) is 7.80. The molecule has 0 fully saturated rings. The number of amides is 1. The molecule has 0 aliphatic carbocycles. The van der Waals surface area contributed by atoms with E-state index in [9.17, 15) is 22.8 Å². The van der Waals surface area contributed by atoms with Gasteiger partial charge in [-0.25, -0.2) is 4.68 Å². The van der Waals surface area contributed by atoms with Crippen LogP contribution in [0.25, 0.3) is 10.8 Å². The average Bonchev–Trinajstić information content (AvgIpc) is 2.60. The van der Waals surface area contributed by atoms with Crippen LogP contribution in [0, 0.1) is 6.92 Å². The Morgan fingerprint density at radius 3 is 2.52 bits per heavy atom. The van der Waals surface area contributed by atoms with Crippen LogP contribution in [0.2, 0.25) is 0 Å². The van der Waals surface area contributed by atoms with Gasteiger partial charge in [-0.15, -0.1) is 0 Å². The van der Waals surface area contributed by atoms with Crippen LogP contribution in [0.5, 0.6) is 0 Å². The number of hydrogen-bond acceptors (Lipinski definition) is 3. The number of fused-ring (bicyclic) bond motifs is 1. The Kier molecular flexibility index (Phi) is 5.05. The molecule has 0 unspecified atom stereocenters. The zero-order valence-corrected chi connectivity index (χ0v) is 15.6. The second-order valence-corrected chi connectivity index (χ2v) is 6.69. The summed E-state index contributed by atoms with van der Waals surface area (Å²) < 4.78 is 39.7. The first kappa shape index (κ1) is 19.1. The van der Waals surface area contributed by atoms with Crippen molar-refractivity contribution in [1.29, 1.82) is 0 Å². The van der Waals surface area contributed by atoms with Gasteiger partial charge >= 0.3 is 6.18 Å². The van der Waals surface area contributed by atoms with Gasteiger partial charge in [-0.2, -0.15) is 18.3 Å². The van der Waals surface area contributed by atoms with Crippen molar-refractivity contribution in [2.24, 2.45) is 0 Å². The first-order chi connectivity index (χ1) is 12.7. The van der Waals surface area contributed by atoms with Crippen molar-refractivity contribution in [3.05, 3.63) is 68.5 Å². The molecule has 2 aromatic carbocycles. The number of carbonyl (C=O) groups is 1. The number of anilines is 1. The molecular formula is C18H13BrF3N3O2. The molecule has 0 saturated heterocycles. The number of rotatable bonds is 3. The molecular weight excluding hydrogens is 427 g/mol. The quantitative estimate of drug-likeness (QED) is 0.667. The van der Waals surface area contributed by atoms with Gasteiger partial charge in [0.15, 0.2) is 0 Å². The minimum absolute atomic E-state index is 0.0268. The normalized spacial score (nSPS) is 11.6. The Morgan fingerprint density at radius 1 is 1.19 bits per heavy atom. The van der Waals surface area contributed by atoms with Crippen molar-refractivity contribution in [3.8, 4) is 0 Å². The Balaban J connectivity index is 1.86. The fourth-order valence-electron chi connectivity index (χ4n) is 2.67. The summed E-state index contributed by atoms with van der Waals surface area (Å²) in [5.41, 5.74) is -0.808. The van der Waals surface area contributed by atoms with Crippen LogP contribution in [-0.2, 0) is 17.5 Å². The maximum atomic E-state index is 13.0. The van der Waals surface area contributed by atoms with Crippen molar-refractivity contribution < 1.29 is 18.0 Å². The average molecular weight is 440 g/mol. The Labute approximate surface area is 159 Å². The van der Waals surface area contributed by atoms with Gasteiger partial charge in [-0.05, 0) is 31.2 Å². The number of carbonyl (C=O) groups excluding carboxylic acids is 1. The van der Waals surface area contributed by atoms with E-state index in [1.165, 1.54) is 12.1 Å². The molecule has 27 heavy (non-hydrogen) atoms. The van der Waals surface area contributed by atoms with E-state index in [0.29, 0.717) is 16.5 Å². The van der Waals surface area contributed by atoms with Gasteiger partial charge in [0.05, 0.1) is 16.6 Å². The molecule has 1 N–H and O–H groups in total. The number of benzene rings is 2. The summed E-state index contributed by atoms with van der Waals surface area (Å²) in [7, 11) is 0. The first-order valence-corrected chi connectivity index (χ1v) is 8.59. The standard InChI is InChI=1S/C18H13BrF3N3O2/c1-10-12-4-2-3-5-13(12)17(27)25(24-10)9-16(26)23-11-6-7-15(19)14(8-11)18(20,21)22/h2-8H,9H2,1H3,(H,23,26). The largest absolute Gasteiger partial charge is 0.417 e. The molecule has 1 amide bonds. The van der Waals surface area contributed by atoms with E-state index in [4.69, 9.17) is 0 Å². The predicted octanol–water partition coefficient (Wildman–Crippen LogP) is 4.12. The van der Waals surface area contributed by atoms with Gasteiger partial charge in [0, 0.05) is 15.5 Å². The van der Waals surface area contributed by atoms with E-state index in [2.05, 4.69) is 26.3 Å². The van der Waals surface area contributed by atoms with Crippen molar-refractivity contribution >= 4 is 38.3 Å². The molecule has 0 atom stereocenters. The maximum absolute atomic E-state index is 13.0. The Hall–Kier alpha value is -2.68. The fraction of sp³-hybridized carbons (Fsp3) is 0.167. The van der Waals surface area contributed by atoms with Crippen LogP contribution >= 0.6 is 15.9 Å². The lowest BCUT2D eigenvalue weighted by Gasteiger charge is -2.12. The molecule has 3 aromatic rings. The highest BCUT2D eigenvalue weighted by Crippen LogP contribution is 2.36. The molecule has 1 heterocycles. The number of aromatic nitrogens is 2. The third-order valence-electron chi connectivity index (χ3n) is 3.90. The van der Waals surface area contributed by atoms with Crippen LogP contribution in [0.4, 0.5) is 18.9 Å². The zero-order valence-electron chi connectivity index (χ0n) is 14.0. The molecule has 0 aliphatic heterocycles. The molecule has 1 aromatic heterocycles. The van der Waals surface area contributed by atoms with Crippen molar-refractivity contribution in [2.45, 2.75) is 19.6 Å². The molecule has 0 aliphatic rings. The van der Waals surface area contributed by atoms with Crippen LogP contribution in [-0.4, -0.2) is 15.7 Å². The van der Waals surface area contributed by atoms with Gasteiger partial charge in [0.1, 0.15) is 6.54 Å². The third kappa shape index (κ3) is 4.02. The summed E-state index contributed by atoms with van der Waals surface area (Å²) in [6, 6.07) is 10.2. The molecule has 140 valence electrons. The Bertz CT molecular complexity index is 1090. The van der Waals surface area contributed by atoms with Gasteiger partial charge in [-0.3, -0.25) is 9.59 Å². The van der Waals surface area contributed by atoms with E-state index in [0.717, 1.165) is 10.7 Å². The smallest absolute Gasteiger partial charge is 0.324 e. The van der Waals surface area contributed by atoms with Gasteiger partial charge < -0.3 is 5.32 Å². The van der Waals surface area contributed by atoms with E-state index in [-0.39, 0.29) is 10.2 Å². The minimum Gasteiger partial charge on any atom is -0.324 e. The second-order valence-electron chi connectivity index (χ2n) is 5.83. The van der Waals surface area contributed by atoms with Crippen LogP contribution in [0.15, 0.2) is 51.7 Å². The molecule has 0 spiro atoms. The van der Waals surface area contributed by atoms with E-state index < -0.39 is 29.8 Å². The predicted molar refractivity (Wildman–Crippen MR) is 98.5 cm³/mol. The lowest BCUT2D eigenvalue weighted by molar-refractivity contribution is -0.138. The number of aryl methyl sites for hydroxylation is 1. The van der Waals surface area contributed by atoms with Crippen LogP contribution in [0.1, 0.15) is 11.3 Å². The minimum atomic E-state index is -4.56. The summed E-state index contributed by atoms with van der Waals surface area (Å²) in [6.07, 6.45) is -4.56. The highest BCUT2D eigenvalue weighted by Gasteiger charge is 2.33. The van der Waals surface area contributed by atoms with Crippen LogP contribution < -0.4 is 10.9 Å². The SMILES string of the molecule is Cc1nn(CC(=O)Nc2ccc(Br)c(C(F)(F)F)c2)c(=O)c2ccccc12. The Morgan fingerprint density at radius 2 is 1.85 bits per heavy atom. The van der Waals surface area contributed by atoms with E-state index in [1.807, 2.05) is 0 Å². The number of nitrogens with zero attached hydrogens (tertiary/aromatic N) is 2. The number of alkyl halides is 3. The molecule has 0 radical (unpaired) electrons. The summed E-state index contributed by atoms with van der Waals surface area (Å²) in [5, 5.41) is 7.57. The number of hydrogen-bond donors (Lipinski definition) is 1. The van der Waals surface area contributed by atoms with Crippen molar-refractivity contribution in [2.75, 3.05) is 5.32 Å². The summed E-state index contributed by atoms with van der Waals surface area (Å²) in [6.45, 7) is 1.29. The van der Waals surface area contributed by atoms with Gasteiger partial charge in [0.2, 0.25) is 5.91 Å². The van der Waals surface area contributed by atoms with E-state index >= 15 is 0 Å². The van der Waals surface area contributed by atoms with E-state index in [1.54, 1.807) is 31.2 Å². The highest BCUT2D eigenvalue weighted by atomic mass is 79.9. The third-order valence-corrected chi connectivity index (χ3v) is 4.59. The summed E-state index contributed by atoms with van der Waals surface area (Å²) in [4.78, 5) is 24.7. The number of halogens is 4. The molecule has 0 saturated carbocycles. The van der Waals surface area contributed by atoms with Gasteiger partial charge in [-0.1, -0.05) is 34.1 Å². The molecule has 0 bridgehead atoms. The van der Waals surface area contributed by atoms with Crippen LogP contribution in [0.3, 0.4) is 0 Å². The second kappa shape index (κ2) is 7.15. The van der Waals surface area contributed by atoms with Gasteiger partial charge in [0.25, 0.3) is 5.56 Å². The molecule has 3 rings (SSSR count). The fourth-order valence-corrected chi connectivity index (χ4v) is 3.14. The zero-order chi connectivity index (χ0) is 19.8. The topological polar surface area (TPSA) is 64.0 Å². The van der Waals surface area contributed by atoms with Crippen molar-refractivity contribution in [1.82, 2.24) is 9.78 Å². The lowest BCUT2D eigenvalue weighted by Crippen LogP contribution is -2.30. The molecule has 9 heteroatoms. The summed E-state index contributed by atoms with van der Waals surface area (Å²) >= 11 is 2.84. The summed E-state index contributed by atoms with van der Waals surface area (Å²) in [5.74, 6) is -0.658. The monoisotopic (exact) mass is 439 g/mol.